The molecule has 25 heavy (non-hydrogen) atoms. The predicted octanol–water partition coefficient (Wildman–Crippen LogP) is 1.37. The van der Waals surface area contributed by atoms with Gasteiger partial charge in [-0.2, -0.15) is 0 Å². The maximum absolute atomic E-state index is 13.5. The minimum Gasteiger partial charge on any atom is -0.395 e. The second kappa shape index (κ2) is 7.83. The normalized spacial score (nSPS) is 18.1. The van der Waals surface area contributed by atoms with Gasteiger partial charge in [0.15, 0.2) is 0 Å². The maximum Gasteiger partial charge on any atom is 0.123 e. The van der Waals surface area contributed by atoms with Crippen molar-refractivity contribution in [1.29, 1.82) is 0 Å². The summed E-state index contributed by atoms with van der Waals surface area (Å²) in [6, 6.07) is 4.84. The average Bonchev–Trinajstić information content (AvgIpc) is 2.81. The highest BCUT2D eigenvalue weighted by atomic mass is 19.1. The highest BCUT2D eigenvalue weighted by molar-refractivity contribution is 5.85. The fourth-order valence-electron chi connectivity index (χ4n) is 3.76. The van der Waals surface area contributed by atoms with Crippen molar-refractivity contribution in [3.63, 3.8) is 0 Å². The van der Waals surface area contributed by atoms with Crippen LogP contribution in [0.3, 0.4) is 0 Å². The lowest BCUT2D eigenvalue weighted by molar-refractivity contribution is 0.0594. The van der Waals surface area contributed by atoms with E-state index in [1.165, 1.54) is 6.07 Å². The number of aryl methyl sites for hydroxylation is 1. The molecule has 0 unspecified atom stereocenters. The summed E-state index contributed by atoms with van der Waals surface area (Å²) in [5.74, 6) is -0.228. The third kappa shape index (κ3) is 4.03. The lowest BCUT2D eigenvalue weighted by Crippen LogP contribution is -2.49. The summed E-state index contributed by atoms with van der Waals surface area (Å²) in [5.41, 5.74) is 3.12. The smallest absolute Gasteiger partial charge is 0.123 e. The van der Waals surface area contributed by atoms with E-state index in [-0.39, 0.29) is 12.4 Å². The Kier molecular flexibility index (Phi) is 5.74. The Morgan fingerprint density at radius 1 is 1.08 bits per heavy atom. The van der Waals surface area contributed by atoms with Crippen LogP contribution < -0.4 is 0 Å². The first-order chi connectivity index (χ1) is 12.0. The van der Waals surface area contributed by atoms with Gasteiger partial charge in [0.05, 0.1) is 19.3 Å². The monoisotopic (exact) mass is 349 g/mol. The van der Waals surface area contributed by atoms with Gasteiger partial charge in [-0.25, -0.2) is 4.39 Å². The summed E-state index contributed by atoms with van der Waals surface area (Å²) in [5, 5.41) is 20.5. The lowest BCUT2D eigenvalue weighted by atomic mass is 10.1. The van der Waals surface area contributed by atoms with Gasteiger partial charge in [-0.15, -0.1) is 0 Å². The van der Waals surface area contributed by atoms with E-state index in [0.29, 0.717) is 13.1 Å². The van der Waals surface area contributed by atoms with Crippen molar-refractivity contribution in [2.45, 2.75) is 26.5 Å². The van der Waals surface area contributed by atoms with E-state index in [0.717, 1.165) is 54.9 Å². The Labute approximate surface area is 148 Å². The third-order valence-corrected chi connectivity index (χ3v) is 5.34. The van der Waals surface area contributed by atoms with Gasteiger partial charge in [0.25, 0.3) is 0 Å². The summed E-state index contributed by atoms with van der Waals surface area (Å²) in [4.78, 5) is 4.51. The zero-order valence-corrected chi connectivity index (χ0v) is 15.1. The molecule has 1 aliphatic heterocycles. The van der Waals surface area contributed by atoms with E-state index in [9.17, 15) is 9.50 Å². The van der Waals surface area contributed by atoms with Gasteiger partial charge in [0.1, 0.15) is 5.82 Å². The Morgan fingerprint density at radius 3 is 2.44 bits per heavy atom. The highest BCUT2D eigenvalue weighted by Gasteiger charge is 2.20. The van der Waals surface area contributed by atoms with E-state index in [4.69, 9.17) is 5.11 Å². The van der Waals surface area contributed by atoms with Crippen LogP contribution in [-0.4, -0.2) is 76.6 Å². The molecule has 1 saturated heterocycles. The molecule has 2 heterocycles. The van der Waals surface area contributed by atoms with Crippen LogP contribution in [0.1, 0.15) is 11.3 Å². The van der Waals surface area contributed by atoms with Crippen molar-refractivity contribution >= 4 is 10.9 Å². The summed E-state index contributed by atoms with van der Waals surface area (Å²) in [6.45, 7) is 9.76. The van der Waals surface area contributed by atoms with Gasteiger partial charge in [-0.1, -0.05) is 0 Å². The number of β-amino-alcohol motifs (C(OH)–C–C–N with tert-alkyl or cyclic N) is 2. The molecule has 0 aliphatic carbocycles. The molecular weight excluding hydrogens is 321 g/mol. The summed E-state index contributed by atoms with van der Waals surface area (Å²) >= 11 is 0. The molecule has 2 aromatic rings. The van der Waals surface area contributed by atoms with Crippen LogP contribution in [0.4, 0.5) is 4.39 Å². The van der Waals surface area contributed by atoms with Crippen LogP contribution in [0.15, 0.2) is 18.2 Å². The number of nitrogens with zero attached hydrogens (tertiary/aromatic N) is 3. The van der Waals surface area contributed by atoms with Crippen molar-refractivity contribution in [3.8, 4) is 0 Å². The lowest BCUT2D eigenvalue weighted by Gasteiger charge is -2.35. The number of rotatable bonds is 6. The minimum absolute atomic E-state index is 0.197. The fraction of sp³-hybridized carbons (Fsp3) is 0.579. The van der Waals surface area contributed by atoms with Crippen molar-refractivity contribution in [2.75, 3.05) is 45.9 Å². The number of hydrogen-bond acceptors (Lipinski definition) is 4. The zero-order valence-electron chi connectivity index (χ0n) is 15.1. The van der Waals surface area contributed by atoms with Gasteiger partial charge in [0, 0.05) is 55.9 Å². The largest absolute Gasteiger partial charge is 0.395 e. The van der Waals surface area contributed by atoms with Gasteiger partial charge in [0.2, 0.25) is 0 Å². The Balaban J connectivity index is 1.65. The Hall–Kier alpha value is -1.47. The Morgan fingerprint density at radius 2 is 1.76 bits per heavy atom. The topological polar surface area (TPSA) is 51.9 Å². The number of hydrogen-bond donors (Lipinski definition) is 2. The van der Waals surface area contributed by atoms with Gasteiger partial charge < -0.3 is 14.8 Å². The van der Waals surface area contributed by atoms with E-state index in [1.807, 2.05) is 13.8 Å². The summed E-state index contributed by atoms with van der Waals surface area (Å²) in [6.07, 6.45) is -0.469. The number of fused-ring (bicyclic) bond motifs is 1. The molecule has 1 aromatic carbocycles. The van der Waals surface area contributed by atoms with Crippen LogP contribution in [-0.2, 0) is 6.54 Å². The van der Waals surface area contributed by atoms with Crippen LogP contribution in [0, 0.1) is 19.7 Å². The van der Waals surface area contributed by atoms with E-state index in [2.05, 4.69) is 14.4 Å². The molecule has 1 aliphatic rings. The number of piperazine rings is 1. The quantitative estimate of drug-likeness (QED) is 0.827. The van der Waals surface area contributed by atoms with Crippen molar-refractivity contribution in [3.05, 3.63) is 35.3 Å². The van der Waals surface area contributed by atoms with E-state index >= 15 is 0 Å². The summed E-state index contributed by atoms with van der Waals surface area (Å²) in [7, 11) is 0. The minimum atomic E-state index is -0.469. The van der Waals surface area contributed by atoms with Crippen molar-refractivity contribution < 1.29 is 14.6 Å². The number of aliphatic hydroxyl groups is 2. The van der Waals surface area contributed by atoms with Crippen molar-refractivity contribution in [2.24, 2.45) is 0 Å². The van der Waals surface area contributed by atoms with Gasteiger partial charge in [-0.3, -0.25) is 9.80 Å². The third-order valence-electron chi connectivity index (χ3n) is 5.34. The number of aliphatic hydroxyl groups excluding tert-OH is 2. The molecule has 3 rings (SSSR count). The number of halogens is 1. The first-order valence-electron chi connectivity index (χ1n) is 8.98. The molecule has 0 saturated carbocycles. The molecule has 5 nitrogen and oxygen atoms in total. The standard InChI is InChI=1S/C19H28FN3O2/c1-14-15(2)23(19-4-3-16(20)11-18(14)19)13-17(25)12-22-7-5-21(6-8-22)9-10-24/h3-4,11,17,24-25H,5-10,12-13H2,1-2H3/t17-/m1/s1. The number of benzene rings is 1. The molecule has 0 bridgehead atoms. The second-order valence-corrected chi connectivity index (χ2v) is 7.00. The van der Waals surface area contributed by atoms with Crippen molar-refractivity contribution in [1.82, 2.24) is 14.4 Å². The molecule has 0 radical (unpaired) electrons. The molecular formula is C19H28FN3O2. The molecule has 1 aromatic heterocycles. The fourth-order valence-corrected chi connectivity index (χ4v) is 3.76. The Bertz CT molecular complexity index is 723. The zero-order chi connectivity index (χ0) is 18.0. The molecule has 6 heteroatoms. The SMILES string of the molecule is Cc1c(C)n(C[C@H](O)CN2CCN(CCO)CC2)c2ccc(F)cc12. The predicted molar refractivity (Wildman–Crippen MR) is 97.3 cm³/mol. The van der Waals surface area contributed by atoms with Crippen LogP contribution in [0.25, 0.3) is 10.9 Å². The van der Waals surface area contributed by atoms with Gasteiger partial charge >= 0.3 is 0 Å². The molecule has 138 valence electrons. The summed E-state index contributed by atoms with van der Waals surface area (Å²) < 4.78 is 15.6. The van der Waals surface area contributed by atoms with Gasteiger partial charge in [-0.05, 0) is 37.6 Å². The van der Waals surface area contributed by atoms with E-state index in [1.54, 1.807) is 12.1 Å². The molecule has 1 fully saturated rings. The molecule has 1 atom stereocenters. The van der Waals surface area contributed by atoms with E-state index < -0.39 is 6.10 Å². The van der Waals surface area contributed by atoms with Crippen LogP contribution >= 0.6 is 0 Å². The molecule has 2 N–H and O–H groups in total. The highest BCUT2D eigenvalue weighted by Crippen LogP contribution is 2.26. The van der Waals surface area contributed by atoms with Crippen LogP contribution in [0.2, 0.25) is 0 Å². The average molecular weight is 349 g/mol. The molecule has 0 amide bonds. The number of aromatic nitrogens is 1. The first kappa shape index (κ1) is 18.3. The molecule has 0 spiro atoms. The van der Waals surface area contributed by atoms with Crippen LogP contribution in [0.5, 0.6) is 0 Å². The maximum atomic E-state index is 13.5. The first-order valence-corrected chi connectivity index (χ1v) is 8.98. The second-order valence-electron chi connectivity index (χ2n) is 7.00.